The maximum atomic E-state index is 13.1. The Hall–Kier alpha value is -5.46. The summed E-state index contributed by atoms with van der Waals surface area (Å²) in [5.74, 6) is -0.0160. The van der Waals surface area contributed by atoms with E-state index in [0.717, 1.165) is 30.5 Å². The Morgan fingerprint density at radius 1 is 0.959 bits per heavy atom. The number of piperidine rings is 1. The molecule has 3 aliphatic heterocycles. The topological polar surface area (TPSA) is 174 Å². The molecule has 1 unspecified atom stereocenters. The molecule has 4 amide bonds. The largest absolute Gasteiger partial charge is 0.507 e. The molecule has 49 heavy (non-hydrogen) atoms. The Balaban J connectivity index is 0.900. The van der Waals surface area contributed by atoms with Crippen molar-refractivity contribution < 1.29 is 24.3 Å². The standard InChI is InChI=1S/C36H42N8O5/c1-23-15-16-29(35(48)38-23)44-22-26-24(36(44)49)10-8-11-27(26)39-32(46)13-4-2-3-5-14-33(47)43-19-17-42(18-20-43)30-21-28(40-41-34(30)37)25-9-6-7-12-31(25)45/h6-12,21,29,45H,1-5,13-20,22H2,(H2,37,41)(H,38,48)(H,39,46). The van der Waals surface area contributed by atoms with Crippen molar-refractivity contribution in [2.75, 3.05) is 42.1 Å². The average molecular weight is 667 g/mol. The SMILES string of the molecule is C=C1CCC(N2Cc3c(NC(=O)CCCCCCC(=O)N4CCN(c5cc(-c6ccccc6O)nnc5N)CC4)cccc3C2=O)C(=O)N1. The number of allylic oxidation sites excluding steroid dienone is 1. The third-order valence-corrected chi connectivity index (χ3v) is 9.47. The number of piperazine rings is 1. The smallest absolute Gasteiger partial charge is 0.255 e. The molecule has 6 rings (SSSR count). The molecule has 256 valence electrons. The Kier molecular flexibility index (Phi) is 10.1. The Morgan fingerprint density at radius 2 is 1.69 bits per heavy atom. The van der Waals surface area contributed by atoms with E-state index in [4.69, 9.17) is 5.73 Å². The zero-order valence-corrected chi connectivity index (χ0v) is 27.5. The van der Waals surface area contributed by atoms with Gasteiger partial charge in [0.1, 0.15) is 11.8 Å². The van der Waals surface area contributed by atoms with Gasteiger partial charge in [0.25, 0.3) is 5.91 Å². The molecule has 0 spiro atoms. The van der Waals surface area contributed by atoms with E-state index in [0.29, 0.717) is 92.3 Å². The number of anilines is 3. The quantitative estimate of drug-likeness (QED) is 0.222. The van der Waals surface area contributed by atoms with Crippen molar-refractivity contribution in [3.8, 4) is 17.0 Å². The summed E-state index contributed by atoms with van der Waals surface area (Å²) in [7, 11) is 0. The Labute approximate surface area is 285 Å². The van der Waals surface area contributed by atoms with Crippen molar-refractivity contribution in [1.29, 1.82) is 0 Å². The van der Waals surface area contributed by atoms with E-state index in [1.54, 1.807) is 41.3 Å². The summed E-state index contributed by atoms with van der Waals surface area (Å²) in [5.41, 5.74) is 10.5. The third kappa shape index (κ3) is 7.50. The van der Waals surface area contributed by atoms with Crippen LogP contribution in [0.4, 0.5) is 17.2 Å². The molecule has 5 N–H and O–H groups in total. The van der Waals surface area contributed by atoms with Crippen LogP contribution in [0.1, 0.15) is 67.3 Å². The number of hydrogen-bond donors (Lipinski definition) is 4. The molecule has 4 heterocycles. The summed E-state index contributed by atoms with van der Waals surface area (Å²) in [6, 6.07) is 13.5. The fourth-order valence-corrected chi connectivity index (χ4v) is 6.73. The first-order valence-corrected chi connectivity index (χ1v) is 16.8. The zero-order chi connectivity index (χ0) is 34.5. The minimum atomic E-state index is -0.556. The van der Waals surface area contributed by atoms with Crippen LogP contribution in [0.25, 0.3) is 11.3 Å². The molecular formula is C36H42N8O5. The van der Waals surface area contributed by atoms with E-state index in [1.807, 2.05) is 17.0 Å². The van der Waals surface area contributed by atoms with Gasteiger partial charge in [-0.2, -0.15) is 0 Å². The monoisotopic (exact) mass is 666 g/mol. The second-order valence-corrected chi connectivity index (χ2v) is 12.8. The summed E-state index contributed by atoms with van der Waals surface area (Å²) in [5, 5.41) is 24.2. The lowest BCUT2D eigenvalue weighted by Crippen LogP contribution is -2.49. The van der Waals surface area contributed by atoms with E-state index in [1.165, 1.54) is 0 Å². The van der Waals surface area contributed by atoms with Crippen molar-refractivity contribution in [2.24, 2.45) is 0 Å². The number of nitrogens with zero attached hydrogens (tertiary/aromatic N) is 5. The number of nitrogen functional groups attached to an aromatic ring is 1. The molecule has 2 saturated heterocycles. The zero-order valence-electron chi connectivity index (χ0n) is 27.5. The van der Waals surface area contributed by atoms with Gasteiger partial charge in [-0.3, -0.25) is 19.2 Å². The number of aromatic nitrogens is 2. The first-order valence-electron chi connectivity index (χ1n) is 16.8. The maximum Gasteiger partial charge on any atom is 0.255 e. The van der Waals surface area contributed by atoms with Crippen LogP contribution in [-0.4, -0.2) is 81.0 Å². The van der Waals surface area contributed by atoms with E-state index in [9.17, 15) is 24.3 Å². The van der Waals surface area contributed by atoms with Crippen molar-refractivity contribution in [3.05, 3.63) is 71.9 Å². The van der Waals surface area contributed by atoms with E-state index < -0.39 is 6.04 Å². The molecule has 3 aromatic rings. The number of carbonyl (C=O) groups excluding carboxylic acids is 4. The summed E-state index contributed by atoms with van der Waals surface area (Å²) in [6.45, 7) is 6.45. The normalized spacial score (nSPS) is 17.6. The molecule has 0 radical (unpaired) electrons. The minimum Gasteiger partial charge on any atom is -0.507 e. The lowest BCUT2D eigenvalue weighted by molar-refractivity contribution is -0.131. The number of benzene rings is 2. The summed E-state index contributed by atoms with van der Waals surface area (Å²) in [6.07, 6.45) is 5.04. The molecule has 0 aliphatic carbocycles. The molecule has 2 fully saturated rings. The number of hydrogen-bond acceptors (Lipinski definition) is 9. The molecular weight excluding hydrogens is 624 g/mol. The highest BCUT2D eigenvalue weighted by molar-refractivity contribution is 6.04. The Bertz CT molecular complexity index is 1770. The fraction of sp³-hybridized carbons (Fsp3) is 0.389. The molecule has 1 atom stereocenters. The number of unbranched alkanes of at least 4 members (excludes halogenated alkanes) is 3. The number of aromatic hydroxyl groups is 1. The summed E-state index contributed by atoms with van der Waals surface area (Å²) >= 11 is 0. The van der Waals surface area contributed by atoms with Gasteiger partial charge in [-0.25, -0.2) is 0 Å². The number of rotatable bonds is 11. The van der Waals surface area contributed by atoms with Crippen molar-refractivity contribution in [2.45, 2.75) is 64.0 Å². The average Bonchev–Trinajstić information content (AvgIpc) is 3.43. The number of nitrogens with two attached hydrogens (primary N) is 1. The van der Waals surface area contributed by atoms with Gasteiger partial charge in [-0.15, -0.1) is 10.2 Å². The lowest BCUT2D eigenvalue weighted by Gasteiger charge is -2.36. The number of nitrogens with one attached hydrogen (secondary N) is 2. The van der Waals surface area contributed by atoms with Crippen LogP contribution in [0.15, 0.2) is 60.8 Å². The van der Waals surface area contributed by atoms with Crippen LogP contribution in [0.5, 0.6) is 5.75 Å². The van der Waals surface area contributed by atoms with Crippen molar-refractivity contribution in [1.82, 2.24) is 25.3 Å². The fourth-order valence-electron chi connectivity index (χ4n) is 6.73. The van der Waals surface area contributed by atoms with Gasteiger partial charge in [-0.1, -0.05) is 37.6 Å². The van der Waals surface area contributed by atoms with Crippen molar-refractivity contribution >= 4 is 40.8 Å². The molecule has 0 bridgehead atoms. The van der Waals surface area contributed by atoms with Crippen LogP contribution in [0.3, 0.4) is 0 Å². The van der Waals surface area contributed by atoms with Crippen molar-refractivity contribution in [3.63, 3.8) is 0 Å². The van der Waals surface area contributed by atoms with Gasteiger partial charge < -0.3 is 36.2 Å². The van der Waals surface area contributed by atoms with Gasteiger partial charge in [-0.05, 0) is 56.0 Å². The lowest BCUT2D eigenvalue weighted by atomic mass is 10.0. The minimum absolute atomic E-state index is 0.116. The molecule has 13 heteroatoms. The Morgan fingerprint density at radius 3 is 2.45 bits per heavy atom. The highest BCUT2D eigenvalue weighted by atomic mass is 16.3. The summed E-state index contributed by atoms with van der Waals surface area (Å²) in [4.78, 5) is 56.9. The van der Waals surface area contributed by atoms with Crippen LogP contribution in [0.2, 0.25) is 0 Å². The highest BCUT2D eigenvalue weighted by Gasteiger charge is 2.39. The number of phenols is 1. The third-order valence-electron chi connectivity index (χ3n) is 9.47. The van der Waals surface area contributed by atoms with E-state index in [-0.39, 0.29) is 35.9 Å². The predicted octanol–water partition coefficient (Wildman–Crippen LogP) is 3.81. The second-order valence-electron chi connectivity index (χ2n) is 12.8. The number of amides is 4. The van der Waals surface area contributed by atoms with Gasteiger partial charge >= 0.3 is 0 Å². The van der Waals surface area contributed by atoms with Gasteiger partial charge in [0.2, 0.25) is 17.7 Å². The molecule has 1 aromatic heterocycles. The number of fused-ring (bicyclic) bond motifs is 1. The first-order chi connectivity index (χ1) is 23.7. The van der Waals surface area contributed by atoms with Crippen LogP contribution < -0.4 is 21.3 Å². The molecule has 2 aromatic carbocycles. The molecule has 0 saturated carbocycles. The van der Waals surface area contributed by atoms with Gasteiger partial charge in [0, 0.05) is 73.6 Å². The predicted molar refractivity (Wildman–Crippen MR) is 185 cm³/mol. The van der Waals surface area contributed by atoms with Crippen LogP contribution >= 0.6 is 0 Å². The van der Waals surface area contributed by atoms with Crippen LogP contribution in [0, 0.1) is 0 Å². The molecule has 3 aliphatic rings. The number of phenolic OH excluding ortho intramolecular Hbond substituents is 1. The van der Waals surface area contributed by atoms with Gasteiger partial charge in [0.05, 0.1) is 11.4 Å². The van der Waals surface area contributed by atoms with Gasteiger partial charge in [0.15, 0.2) is 5.82 Å². The molecule has 13 nitrogen and oxygen atoms in total. The first kappa shape index (κ1) is 33.4. The maximum absolute atomic E-state index is 13.1. The summed E-state index contributed by atoms with van der Waals surface area (Å²) < 4.78 is 0. The van der Waals surface area contributed by atoms with Crippen LogP contribution in [-0.2, 0) is 20.9 Å². The van der Waals surface area contributed by atoms with E-state index >= 15 is 0 Å². The number of para-hydroxylation sites is 1. The van der Waals surface area contributed by atoms with E-state index in [2.05, 4.69) is 32.3 Å². The highest BCUT2D eigenvalue weighted by Crippen LogP contribution is 2.34. The number of carbonyl (C=O) groups is 4. The second kappa shape index (κ2) is 14.8.